The molecule has 1 amide bonds. The lowest BCUT2D eigenvalue weighted by atomic mass is 10.1. The first-order valence-corrected chi connectivity index (χ1v) is 9.66. The van der Waals surface area contributed by atoms with Gasteiger partial charge in [0.05, 0.1) is 0 Å². The molecule has 7 heteroatoms. The molecule has 1 fully saturated rings. The van der Waals surface area contributed by atoms with Crippen LogP contribution in [0.5, 0.6) is 0 Å². The molecule has 29 heavy (non-hydrogen) atoms. The highest BCUT2D eigenvalue weighted by atomic mass is 127. The van der Waals surface area contributed by atoms with Gasteiger partial charge in [-0.15, -0.1) is 24.0 Å². The van der Waals surface area contributed by atoms with Crippen LogP contribution >= 0.6 is 24.0 Å². The van der Waals surface area contributed by atoms with Gasteiger partial charge < -0.3 is 20.7 Å². The third-order valence-electron chi connectivity index (χ3n) is 4.81. The number of carbonyl (C=O) groups excluding carboxylic acids is 1. The lowest BCUT2D eigenvalue weighted by molar-refractivity contribution is -0.124. The smallest absolute Gasteiger partial charge is 0.253 e. The van der Waals surface area contributed by atoms with Crippen molar-refractivity contribution in [2.24, 2.45) is 4.99 Å². The molecule has 1 aliphatic rings. The molecule has 0 bridgehead atoms. The van der Waals surface area contributed by atoms with Crippen LogP contribution in [0.4, 0.5) is 5.69 Å². The molecule has 1 saturated heterocycles. The van der Waals surface area contributed by atoms with Crippen molar-refractivity contribution in [3.05, 3.63) is 65.2 Å². The number of ether oxygens (including phenoxy) is 1. The second kappa shape index (κ2) is 11.8. The summed E-state index contributed by atoms with van der Waals surface area (Å²) in [6.45, 7) is 4.08. The zero-order valence-electron chi connectivity index (χ0n) is 16.9. The van der Waals surface area contributed by atoms with E-state index in [1.54, 1.807) is 7.05 Å². The predicted octanol–water partition coefficient (Wildman–Crippen LogP) is 3.60. The van der Waals surface area contributed by atoms with Gasteiger partial charge in [-0.05, 0) is 48.6 Å². The van der Waals surface area contributed by atoms with E-state index in [0.29, 0.717) is 19.7 Å². The van der Waals surface area contributed by atoms with Crippen LogP contribution in [0.1, 0.15) is 29.5 Å². The maximum absolute atomic E-state index is 12.2. The minimum Gasteiger partial charge on any atom is -0.368 e. The molecule has 3 N–H and O–H groups in total. The van der Waals surface area contributed by atoms with E-state index in [9.17, 15) is 4.79 Å². The number of halogens is 1. The summed E-state index contributed by atoms with van der Waals surface area (Å²) < 4.78 is 5.43. The topological polar surface area (TPSA) is 74.8 Å². The van der Waals surface area contributed by atoms with E-state index in [0.717, 1.165) is 30.1 Å². The molecule has 2 aromatic rings. The molecule has 6 nitrogen and oxygen atoms in total. The number of hydrogen-bond acceptors (Lipinski definition) is 3. The fraction of sp³-hybridized carbons (Fsp3) is 0.364. The third kappa shape index (κ3) is 7.01. The van der Waals surface area contributed by atoms with Gasteiger partial charge in [-0.25, -0.2) is 0 Å². The van der Waals surface area contributed by atoms with Gasteiger partial charge in [-0.1, -0.05) is 36.4 Å². The van der Waals surface area contributed by atoms with Gasteiger partial charge in [0.15, 0.2) is 5.96 Å². The van der Waals surface area contributed by atoms with E-state index in [4.69, 9.17) is 4.74 Å². The monoisotopic (exact) mass is 508 g/mol. The van der Waals surface area contributed by atoms with E-state index < -0.39 is 0 Å². The number of nitrogens with one attached hydrogen (secondary N) is 3. The third-order valence-corrected chi connectivity index (χ3v) is 4.81. The van der Waals surface area contributed by atoms with Crippen LogP contribution in [0.2, 0.25) is 0 Å². The highest BCUT2D eigenvalue weighted by Crippen LogP contribution is 2.16. The molecule has 1 unspecified atom stereocenters. The lowest BCUT2D eigenvalue weighted by Crippen LogP contribution is -2.36. The molecule has 0 saturated carbocycles. The SMILES string of the molecule is CN=C(NCc1cccc(NC(=O)C2CCCO2)c1)NCc1ccccc1C.I. The molecule has 0 aromatic heterocycles. The number of anilines is 1. The average molecular weight is 508 g/mol. The Kier molecular flexibility index (Phi) is 9.40. The maximum Gasteiger partial charge on any atom is 0.253 e. The standard InChI is InChI=1S/C22H28N4O2.HI/c1-16-7-3-4-9-18(16)15-25-22(23-2)24-14-17-8-5-10-19(13-17)26-21(27)20-11-6-12-28-20;/h3-5,7-10,13,20H,6,11-12,14-15H2,1-2H3,(H,26,27)(H2,23,24,25);1H. The Balaban J connectivity index is 0.00000300. The number of amides is 1. The van der Waals surface area contributed by atoms with Crippen LogP contribution in [-0.4, -0.2) is 31.6 Å². The Morgan fingerprint density at radius 1 is 1.14 bits per heavy atom. The van der Waals surface area contributed by atoms with Crippen molar-refractivity contribution < 1.29 is 9.53 Å². The number of hydrogen-bond donors (Lipinski definition) is 3. The van der Waals surface area contributed by atoms with Crippen molar-refractivity contribution in [3.63, 3.8) is 0 Å². The number of nitrogens with zero attached hydrogens (tertiary/aromatic N) is 1. The van der Waals surface area contributed by atoms with Crippen molar-refractivity contribution in [2.45, 2.75) is 39.0 Å². The maximum atomic E-state index is 12.2. The largest absolute Gasteiger partial charge is 0.368 e. The Hall–Kier alpha value is -2.13. The summed E-state index contributed by atoms with van der Waals surface area (Å²) in [5.41, 5.74) is 4.33. The average Bonchev–Trinajstić information content (AvgIpc) is 3.25. The van der Waals surface area contributed by atoms with Gasteiger partial charge in [0.1, 0.15) is 6.10 Å². The number of aliphatic imine (C=N–C) groups is 1. The Morgan fingerprint density at radius 2 is 1.93 bits per heavy atom. The second-order valence-electron chi connectivity index (χ2n) is 6.90. The first-order chi connectivity index (χ1) is 13.7. The summed E-state index contributed by atoms with van der Waals surface area (Å²) in [6, 6.07) is 16.1. The van der Waals surface area contributed by atoms with Gasteiger partial charge in [0.25, 0.3) is 5.91 Å². The van der Waals surface area contributed by atoms with Gasteiger partial charge in [0.2, 0.25) is 0 Å². The second-order valence-corrected chi connectivity index (χ2v) is 6.90. The highest BCUT2D eigenvalue weighted by Gasteiger charge is 2.23. The zero-order chi connectivity index (χ0) is 19.8. The number of aryl methyl sites for hydroxylation is 1. The molecule has 0 spiro atoms. The molecule has 1 aliphatic heterocycles. The quantitative estimate of drug-likeness (QED) is 0.317. The molecular weight excluding hydrogens is 479 g/mol. The molecule has 0 radical (unpaired) electrons. The van der Waals surface area contributed by atoms with Gasteiger partial charge in [0, 0.05) is 32.4 Å². The van der Waals surface area contributed by atoms with E-state index in [1.165, 1.54) is 11.1 Å². The summed E-state index contributed by atoms with van der Waals surface area (Å²) in [5, 5.41) is 9.59. The van der Waals surface area contributed by atoms with Crippen molar-refractivity contribution in [1.29, 1.82) is 0 Å². The normalized spacial score (nSPS) is 16.1. The molecule has 3 rings (SSSR count). The minimum atomic E-state index is -0.328. The summed E-state index contributed by atoms with van der Waals surface area (Å²) in [6.07, 6.45) is 1.40. The van der Waals surface area contributed by atoms with Crippen LogP contribution in [0, 0.1) is 6.92 Å². The summed E-state index contributed by atoms with van der Waals surface area (Å²) in [4.78, 5) is 16.5. The van der Waals surface area contributed by atoms with Gasteiger partial charge in [-0.2, -0.15) is 0 Å². The van der Waals surface area contributed by atoms with Crippen molar-refractivity contribution >= 4 is 41.5 Å². The summed E-state index contributed by atoms with van der Waals surface area (Å²) >= 11 is 0. The highest BCUT2D eigenvalue weighted by molar-refractivity contribution is 14.0. The summed E-state index contributed by atoms with van der Waals surface area (Å²) in [7, 11) is 1.76. The zero-order valence-corrected chi connectivity index (χ0v) is 19.2. The number of guanidine groups is 1. The predicted molar refractivity (Wildman–Crippen MR) is 128 cm³/mol. The summed E-state index contributed by atoms with van der Waals surface area (Å²) in [5.74, 6) is 0.662. The Morgan fingerprint density at radius 3 is 2.66 bits per heavy atom. The van der Waals surface area contributed by atoms with Crippen LogP contribution < -0.4 is 16.0 Å². The molecule has 156 valence electrons. The number of carbonyl (C=O) groups is 1. The van der Waals surface area contributed by atoms with E-state index >= 15 is 0 Å². The number of benzene rings is 2. The van der Waals surface area contributed by atoms with Crippen molar-refractivity contribution in [2.75, 3.05) is 19.0 Å². The van der Waals surface area contributed by atoms with Crippen LogP contribution in [-0.2, 0) is 22.6 Å². The minimum absolute atomic E-state index is 0. The first kappa shape index (κ1) is 23.2. The Labute approximate surface area is 189 Å². The Bertz CT molecular complexity index is 835. The van der Waals surface area contributed by atoms with E-state index in [2.05, 4.69) is 40.0 Å². The van der Waals surface area contributed by atoms with Crippen LogP contribution in [0.25, 0.3) is 0 Å². The fourth-order valence-corrected chi connectivity index (χ4v) is 3.16. The van der Waals surface area contributed by atoms with Crippen molar-refractivity contribution in [1.82, 2.24) is 10.6 Å². The lowest BCUT2D eigenvalue weighted by Gasteiger charge is -2.14. The number of rotatable bonds is 6. The molecule has 1 atom stereocenters. The molecular formula is C22H29IN4O2. The van der Waals surface area contributed by atoms with Crippen molar-refractivity contribution in [3.8, 4) is 0 Å². The molecule has 2 aromatic carbocycles. The molecule has 0 aliphatic carbocycles. The first-order valence-electron chi connectivity index (χ1n) is 9.66. The van der Waals surface area contributed by atoms with Gasteiger partial charge >= 0.3 is 0 Å². The fourth-order valence-electron chi connectivity index (χ4n) is 3.16. The van der Waals surface area contributed by atoms with E-state index in [1.807, 2.05) is 36.4 Å². The molecule has 1 heterocycles. The van der Waals surface area contributed by atoms with Gasteiger partial charge in [-0.3, -0.25) is 9.79 Å². The van der Waals surface area contributed by atoms with E-state index in [-0.39, 0.29) is 36.0 Å². The van der Waals surface area contributed by atoms with Crippen LogP contribution in [0.3, 0.4) is 0 Å². The van der Waals surface area contributed by atoms with Crippen LogP contribution in [0.15, 0.2) is 53.5 Å².